The highest BCUT2D eigenvalue weighted by molar-refractivity contribution is 7.92. The third-order valence-corrected chi connectivity index (χ3v) is 5.21. The van der Waals surface area contributed by atoms with Crippen molar-refractivity contribution in [2.75, 3.05) is 4.72 Å². The van der Waals surface area contributed by atoms with Crippen LogP contribution in [0.3, 0.4) is 0 Å². The molecule has 1 N–H and O–H groups in total. The van der Waals surface area contributed by atoms with Crippen molar-refractivity contribution >= 4 is 15.8 Å². The summed E-state index contributed by atoms with van der Waals surface area (Å²) in [6, 6.07) is 9.04. The summed E-state index contributed by atoms with van der Waals surface area (Å²) in [5.74, 6) is 0.384. The Hall–Kier alpha value is -1.88. The predicted octanol–water partition coefficient (Wildman–Crippen LogP) is 3.07. The number of nitrogens with zero attached hydrogens (tertiary/aromatic N) is 1. The lowest BCUT2D eigenvalue weighted by Gasteiger charge is -2.17. The fourth-order valence-electron chi connectivity index (χ4n) is 2.66. The van der Waals surface area contributed by atoms with Gasteiger partial charge in [-0.15, -0.1) is 0 Å². The van der Waals surface area contributed by atoms with Crippen molar-refractivity contribution in [3.05, 3.63) is 53.2 Å². The summed E-state index contributed by atoms with van der Waals surface area (Å²) < 4.78 is 27.5. The highest BCUT2D eigenvalue weighted by atomic mass is 32.2. The topological polar surface area (TPSA) is 59.1 Å². The van der Waals surface area contributed by atoms with Gasteiger partial charge in [0.1, 0.15) is 5.82 Å². The Bertz CT molecular complexity index is 770. The van der Waals surface area contributed by atoms with Crippen molar-refractivity contribution in [2.24, 2.45) is 0 Å². The van der Waals surface area contributed by atoms with Crippen LogP contribution in [0.2, 0.25) is 0 Å². The number of fused-ring (bicyclic) bond motifs is 1. The third-order valence-electron chi connectivity index (χ3n) is 3.87. The maximum Gasteiger partial charge on any atom is 0.263 e. The zero-order valence-electron chi connectivity index (χ0n) is 12.0. The second-order valence-electron chi connectivity index (χ2n) is 5.41. The molecule has 0 saturated carbocycles. The quantitative estimate of drug-likeness (QED) is 0.948. The molecule has 1 aromatic carbocycles. The minimum atomic E-state index is -3.58. The highest BCUT2D eigenvalue weighted by Crippen LogP contribution is 2.25. The molecule has 5 heteroatoms. The number of aromatic nitrogens is 1. The van der Waals surface area contributed by atoms with E-state index in [0.717, 1.165) is 30.4 Å². The lowest BCUT2D eigenvalue weighted by Crippen LogP contribution is -2.16. The van der Waals surface area contributed by atoms with Gasteiger partial charge in [0.15, 0.2) is 0 Å². The van der Waals surface area contributed by atoms with Crippen LogP contribution in [-0.4, -0.2) is 13.4 Å². The van der Waals surface area contributed by atoms with Crippen LogP contribution in [-0.2, 0) is 22.9 Å². The summed E-state index contributed by atoms with van der Waals surface area (Å²) in [5.41, 5.74) is 3.23. The molecule has 21 heavy (non-hydrogen) atoms. The summed E-state index contributed by atoms with van der Waals surface area (Å²) >= 11 is 0. The zero-order chi connectivity index (χ0) is 14.9. The van der Waals surface area contributed by atoms with Gasteiger partial charge in [0.25, 0.3) is 10.0 Å². The number of rotatable bonds is 3. The Morgan fingerprint density at radius 2 is 1.86 bits per heavy atom. The number of hydrogen-bond donors (Lipinski definition) is 1. The third kappa shape index (κ3) is 2.93. The van der Waals surface area contributed by atoms with Gasteiger partial charge in [-0.05, 0) is 67.5 Å². The molecule has 0 amide bonds. The Morgan fingerprint density at radius 3 is 2.62 bits per heavy atom. The summed E-state index contributed by atoms with van der Waals surface area (Å²) in [6.45, 7) is 1.83. The first-order chi connectivity index (χ1) is 10.1. The van der Waals surface area contributed by atoms with Gasteiger partial charge in [-0.2, -0.15) is 0 Å². The van der Waals surface area contributed by atoms with E-state index in [9.17, 15) is 8.42 Å². The summed E-state index contributed by atoms with van der Waals surface area (Å²) in [5, 5.41) is 0. The second-order valence-corrected chi connectivity index (χ2v) is 7.09. The van der Waals surface area contributed by atoms with Crippen molar-refractivity contribution in [1.82, 2.24) is 4.98 Å². The second kappa shape index (κ2) is 5.48. The first-order valence-electron chi connectivity index (χ1n) is 7.12. The molecule has 0 aliphatic heterocycles. The molecule has 2 aromatic rings. The molecular formula is C16H18N2O2S. The molecule has 3 rings (SSSR count). The van der Waals surface area contributed by atoms with E-state index < -0.39 is 10.0 Å². The average Bonchev–Trinajstić information content (AvgIpc) is 2.49. The highest BCUT2D eigenvalue weighted by Gasteiger charge is 2.18. The largest absolute Gasteiger partial charge is 0.263 e. The molecule has 1 heterocycles. The predicted molar refractivity (Wildman–Crippen MR) is 82.9 cm³/mol. The van der Waals surface area contributed by atoms with Crippen molar-refractivity contribution in [3.63, 3.8) is 0 Å². The molecule has 1 aliphatic rings. The Morgan fingerprint density at radius 1 is 1.10 bits per heavy atom. The maximum atomic E-state index is 12.5. The van der Waals surface area contributed by atoms with Gasteiger partial charge in [-0.3, -0.25) is 4.72 Å². The number of nitrogens with one attached hydrogen (secondary N) is 1. The average molecular weight is 302 g/mol. The Labute approximate surface area is 125 Å². The van der Waals surface area contributed by atoms with Gasteiger partial charge >= 0.3 is 0 Å². The van der Waals surface area contributed by atoms with Crippen LogP contribution < -0.4 is 4.72 Å². The summed E-state index contributed by atoms with van der Waals surface area (Å²) in [7, 11) is -3.58. The number of hydrogen-bond acceptors (Lipinski definition) is 3. The number of pyridine rings is 1. The molecule has 0 saturated heterocycles. The van der Waals surface area contributed by atoms with Crippen LogP contribution in [0.1, 0.15) is 29.5 Å². The molecule has 0 fully saturated rings. The molecule has 0 atom stereocenters. The SMILES string of the molecule is Cc1cccnc1NS(=O)(=O)c1ccc2c(c1)CCCC2. The summed E-state index contributed by atoms with van der Waals surface area (Å²) in [4.78, 5) is 4.40. The van der Waals surface area contributed by atoms with E-state index in [-0.39, 0.29) is 0 Å². The number of benzene rings is 1. The fourth-order valence-corrected chi connectivity index (χ4v) is 3.79. The van der Waals surface area contributed by atoms with Crippen molar-refractivity contribution < 1.29 is 8.42 Å². The van der Waals surface area contributed by atoms with Gasteiger partial charge in [-0.1, -0.05) is 12.1 Å². The van der Waals surface area contributed by atoms with Gasteiger partial charge in [0, 0.05) is 6.20 Å². The lowest BCUT2D eigenvalue weighted by atomic mass is 9.92. The molecule has 1 aliphatic carbocycles. The minimum Gasteiger partial charge on any atom is -0.263 e. The van der Waals surface area contributed by atoms with Crippen molar-refractivity contribution in [3.8, 4) is 0 Å². The standard InChI is InChI=1S/C16H18N2O2S/c1-12-5-4-10-17-16(12)18-21(19,20)15-9-8-13-6-2-3-7-14(13)11-15/h4-5,8-11H,2-3,6-7H2,1H3,(H,17,18). The van der Waals surface area contributed by atoms with Gasteiger partial charge in [0.05, 0.1) is 4.90 Å². The van der Waals surface area contributed by atoms with E-state index in [1.165, 1.54) is 12.0 Å². The van der Waals surface area contributed by atoms with Crippen LogP contribution in [0.4, 0.5) is 5.82 Å². The monoisotopic (exact) mass is 302 g/mol. The molecule has 0 unspecified atom stereocenters. The van der Waals surface area contributed by atoms with Crippen LogP contribution >= 0.6 is 0 Å². The molecular weight excluding hydrogens is 284 g/mol. The van der Waals surface area contributed by atoms with E-state index in [2.05, 4.69) is 9.71 Å². The normalized spacial score (nSPS) is 14.5. The van der Waals surface area contributed by atoms with Crippen molar-refractivity contribution in [2.45, 2.75) is 37.5 Å². The molecule has 1 aromatic heterocycles. The van der Waals surface area contributed by atoms with Gasteiger partial charge in [0.2, 0.25) is 0 Å². The van der Waals surface area contributed by atoms with Crippen LogP contribution in [0.15, 0.2) is 41.4 Å². The lowest BCUT2D eigenvalue weighted by molar-refractivity contribution is 0.600. The number of sulfonamides is 1. The van der Waals surface area contributed by atoms with Crippen LogP contribution in [0.5, 0.6) is 0 Å². The first kappa shape index (κ1) is 14.1. The molecule has 110 valence electrons. The van der Waals surface area contributed by atoms with Crippen molar-refractivity contribution in [1.29, 1.82) is 0 Å². The first-order valence-corrected chi connectivity index (χ1v) is 8.61. The van der Waals surface area contributed by atoms with E-state index in [1.807, 2.05) is 19.1 Å². The van der Waals surface area contributed by atoms with Crippen LogP contribution in [0, 0.1) is 6.92 Å². The molecule has 0 radical (unpaired) electrons. The number of anilines is 1. The Kier molecular flexibility index (Phi) is 3.68. The van der Waals surface area contributed by atoms with Gasteiger partial charge < -0.3 is 0 Å². The number of aryl methyl sites for hydroxylation is 3. The molecule has 0 spiro atoms. The molecule has 4 nitrogen and oxygen atoms in total. The summed E-state index contributed by atoms with van der Waals surface area (Å²) in [6.07, 6.45) is 5.90. The fraction of sp³-hybridized carbons (Fsp3) is 0.312. The van der Waals surface area contributed by atoms with Crippen LogP contribution in [0.25, 0.3) is 0 Å². The maximum absolute atomic E-state index is 12.5. The minimum absolute atomic E-state index is 0.313. The van der Waals surface area contributed by atoms with E-state index in [0.29, 0.717) is 10.7 Å². The van der Waals surface area contributed by atoms with E-state index >= 15 is 0 Å². The van der Waals surface area contributed by atoms with E-state index in [1.54, 1.807) is 24.4 Å². The zero-order valence-corrected chi connectivity index (χ0v) is 12.8. The van der Waals surface area contributed by atoms with Gasteiger partial charge in [-0.25, -0.2) is 13.4 Å². The Balaban J connectivity index is 1.93. The molecule has 0 bridgehead atoms. The smallest absolute Gasteiger partial charge is 0.263 e. The van der Waals surface area contributed by atoms with E-state index in [4.69, 9.17) is 0 Å².